The van der Waals surface area contributed by atoms with Crippen LogP contribution in [-0.2, 0) is 32.9 Å². The molecule has 0 atom stereocenters. The fourth-order valence-electron chi connectivity index (χ4n) is 1.98. The normalized spacial score (nSPS) is 12.5. The van der Waals surface area contributed by atoms with Crippen LogP contribution < -0.4 is 44.4 Å². The molecule has 1 heterocycles. The van der Waals surface area contributed by atoms with Crippen LogP contribution in [0.1, 0.15) is 5.56 Å². The second-order valence-corrected chi connectivity index (χ2v) is 4.28. The van der Waals surface area contributed by atoms with Crippen molar-refractivity contribution in [2.75, 3.05) is 39.3 Å². The predicted octanol–water partition coefficient (Wildman–Crippen LogP) is -10.5. The van der Waals surface area contributed by atoms with Gasteiger partial charge in [-0.1, -0.05) is 24.3 Å². The molecule has 8 nitrogen and oxygen atoms in total. The Labute approximate surface area is 173 Å². The number of benzene rings is 1. The minimum absolute atomic E-state index is 0. The number of hydrogen-bond acceptors (Lipinski definition) is 3. The van der Waals surface area contributed by atoms with Crippen LogP contribution in [-0.4, -0.2) is 55.9 Å². The van der Waals surface area contributed by atoms with E-state index < -0.39 is 0 Å². The molecule has 1 fully saturated rings. The number of piperazine rings is 1. The largest absolute Gasteiger partial charge is 3.00 e. The maximum absolute atomic E-state index is 11.4. The van der Waals surface area contributed by atoms with E-state index in [0.29, 0.717) is 5.56 Å². The maximum atomic E-state index is 11.4. The zero-order valence-corrected chi connectivity index (χ0v) is 17.5. The van der Waals surface area contributed by atoms with Gasteiger partial charge in [0, 0.05) is 25.8 Å². The molecule has 0 spiro atoms. The van der Waals surface area contributed by atoms with Crippen molar-refractivity contribution < 1.29 is 82.8 Å². The second-order valence-electron chi connectivity index (χ2n) is 4.28. The first kappa shape index (κ1) is 39.1. The van der Waals surface area contributed by atoms with Gasteiger partial charge in [-0.3, -0.25) is 9.89 Å². The number of nitrogens with two attached hydrogens (primary N) is 1. The van der Waals surface area contributed by atoms with Crippen molar-refractivity contribution in [1.82, 2.24) is 4.90 Å². The molecule has 1 aliphatic heterocycles. The Morgan fingerprint density at radius 3 is 2.17 bits per heavy atom. The molecular formula is C13H30Br2N3NiO5+4. The van der Waals surface area contributed by atoms with Gasteiger partial charge >= 0.3 is 16.5 Å². The van der Waals surface area contributed by atoms with Crippen LogP contribution in [0.2, 0.25) is 0 Å². The molecule has 1 aliphatic rings. The molecule has 24 heavy (non-hydrogen) atoms. The molecule has 13 N–H and O–H groups in total. The van der Waals surface area contributed by atoms with Crippen LogP contribution in [0, 0.1) is 0 Å². The third-order valence-electron chi connectivity index (χ3n) is 2.99. The second kappa shape index (κ2) is 22.9. The van der Waals surface area contributed by atoms with Crippen molar-refractivity contribution >= 4 is 6.21 Å². The van der Waals surface area contributed by atoms with Crippen LogP contribution in [0.5, 0.6) is 5.75 Å². The topological polar surface area (TPSA) is 186 Å². The number of para-hydroxylation sites is 1. The SMILES string of the molecule is O.[Br-].[Br-].[Ni+3].[O-]c1ccccc1C=NCCN1CC[NH2+]CC1.[OH3+].[OH3+].[OH3+]. The number of nitrogens with zero attached hydrogens (tertiary/aromatic N) is 2. The number of aliphatic imine (C=N–C) groups is 1. The number of hydrogen-bond donors (Lipinski definition) is 1. The van der Waals surface area contributed by atoms with Crippen LogP contribution in [0.4, 0.5) is 0 Å². The fourth-order valence-corrected chi connectivity index (χ4v) is 1.98. The summed E-state index contributed by atoms with van der Waals surface area (Å²) in [4.78, 5) is 6.74. The van der Waals surface area contributed by atoms with Gasteiger partial charge in [-0.25, -0.2) is 0 Å². The average molecular weight is 527 g/mol. The Balaban J connectivity index is -0.000000116. The van der Waals surface area contributed by atoms with Gasteiger partial charge in [0.15, 0.2) is 0 Å². The van der Waals surface area contributed by atoms with E-state index in [-0.39, 0.29) is 78.1 Å². The van der Waals surface area contributed by atoms with Gasteiger partial charge < -0.3 is 66.3 Å². The summed E-state index contributed by atoms with van der Waals surface area (Å²) in [6, 6.07) is 7.00. The molecule has 2 rings (SSSR count). The molecule has 1 aromatic carbocycles. The van der Waals surface area contributed by atoms with Crippen molar-refractivity contribution in [3.63, 3.8) is 0 Å². The first-order valence-electron chi connectivity index (χ1n) is 6.16. The zero-order chi connectivity index (χ0) is 11.9. The summed E-state index contributed by atoms with van der Waals surface area (Å²) in [5, 5.41) is 13.7. The maximum Gasteiger partial charge on any atom is 3.00 e. The minimum atomic E-state index is 0. The molecule has 1 aromatic rings. The van der Waals surface area contributed by atoms with Gasteiger partial charge in [-0.05, 0) is 5.56 Å². The van der Waals surface area contributed by atoms with E-state index in [1.165, 1.54) is 13.1 Å². The molecule has 147 valence electrons. The van der Waals surface area contributed by atoms with Crippen LogP contribution in [0.25, 0.3) is 0 Å². The Hall–Kier alpha value is -0.0965. The zero-order valence-electron chi connectivity index (χ0n) is 13.3. The van der Waals surface area contributed by atoms with Crippen molar-refractivity contribution in [3.8, 4) is 5.75 Å². The molecule has 0 aromatic heterocycles. The molecule has 0 amide bonds. The molecule has 0 unspecified atom stereocenters. The van der Waals surface area contributed by atoms with E-state index in [1.807, 2.05) is 12.1 Å². The van der Waals surface area contributed by atoms with Gasteiger partial charge in [0.25, 0.3) is 0 Å². The van der Waals surface area contributed by atoms with Gasteiger partial charge in [-0.15, -0.1) is 5.75 Å². The fraction of sp³-hybridized carbons (Fsp3) is 0.462. The molecule has 11 heteroatoms. The van der Waals surface area contributed by atoms with Gasteiger partial charge in [0.2, 0.25) is 0 Å². The van der Waals surface area contributed by atoms with E-state index in [2.05, 4.69) is 15.2 Å². The van der Waals surface area contributed by atoms with Gasteiger partial charge in [0.1, 0.15) is 0 Å². The molecular weight excluding hydrogens is 497 g/mol. The summed E-state index contributed by atoms with van der Waals surface area (Å²) in [6.07, 6.45) is 1.69. The smallest absolute Gasteiger partial charge is 1.00 e. The summed E-state index contributed by atoms with van der Waals surface area (Å²) in [7, 11) is 0. The number of quaternary nitrogens is 1. The van der Waals surface area contributed by atoms with Crippen LogP contribution in [0.3, 0.4) is 0 Å². The number of halogens is 2. The first-order valence-corrected chi connectivity index (χ1v) is 6.16. The van der Waals surface area contributed by atoms with Crippen molar-refractivity contribution in [1.29, 1.82) is 0 Å². The molecule has 0 saturated carbocycles. The van der Waals surface area contributed by atoms with E-state index in [9.17, 15) is 5.11 Å². The Morgan fingerprint density at radius 1 is 1.08 bits per heavy atom. The molecule has 1 saturated heterocycles. The molecule has 0 aliphatic carbocycles. The third kappa shape index (κ3) is 14.3. The Bertz CT molecular complexity index is 400. The predicted molar refractivity (Wildman–Crippen MR) is 84.7 cm³/mol. The Kier molecular flexibility index (Phi) is 37.3. The quantitative estimate of drug-likeness (QED) is 0.232. The van der Waals surface area contributed by atoms with E-state index in [1.54, 1.807) is 18.3 Å². The van der Waals surface area contributed by atoms with Crippen molar-refractivity contribution in [3.05, 3.63) is 29.8 Å². The van der Waals surface area contributed by atoms with Crippen LogP contribution >= 0.6 is 0 Å². The molecule has 0 bridgehead atoms. The summed E-state index contributed by atoms with van der Waals surface area (Å²) < 4.78 is 0. The van der Waals surface area contributed by atoms with Crippen molar-refractivity contribution in [2.24, 2.45) is 4.99 Å². The summed E-state index contributed by atoms with van der Waals surface area (Å²) >= 11 is 0. The summed E-state index contributed by atoms with van der Waals surface area (Å²) in [5.41, 5.74) is 0.680. The van der Waals surface area contributed by atoms with E-state index >= 15 is 0 Å². The standard InChI is InChI=1S/C13H19N3O.2BrH.Ni.4H2O/c17-13-4-2-1-3-12(13)11-15-7-10-16-8-5-14-6-9-16;;;;;;;/h1-4,11,14,17H,5-10H2;2*1H;;4*1H2/q;;;+3;;;;/p+1. The minimum Gasteiger partial charge on any atom is -1.00 e. The average Bonchev–Trinajstić information content (AvgIpc) is 2.38. The van der Waals surface area contributed by atoms with Gasteiger partial charge in [0.05, 0.1) is 19.6 Å². The summed E-state index contributed by atoms with van der Waals surface area (Å²) in [6.45, 7) is 6.43. The monoisotopic (exact) mass is 524 g/mol. The summed E-state index contributed by atoms with van der Waals surface area (Å²) in [5.74, 6) is 0.0452. The molecule has 1 radical (unpaired) electrons. The van der Waals surface area contributed by atoms with Gasteiger partial charge in [-0.2, -0.15) is 0 Å². The number of rotatable bonds is 4. The van der Waals surface area contributed by atoms with Crippen LogP contribution in [0.15, 0.2) is 29.3 Å². The Morgan fingerprint density at radius 2 is 1.62 bits per heavy atom. The van der Waals surface area contributed by atoms with Crippen molar-refractivity contribution in [2.45, 2.75) is 0 Å². The van der Waals surface area contributed by atoms with E-state index in [4.69, 9.17) is 0 Å². The first-order chi connectivity index (χ1) is 8.36. The van der Waals surface area contributed by atoms with E-state index in [0.717, 1.165) is 26.2 Å². The third-order valence-corrected chi connectivity index (χ3v) is 2.99.